The first-order chi connectivity index (χ1) is 14.0. The molecule has 30 heavy (non-hydrogen) atoms. The molecule has 0 atom stereocenters. The van der Waals surface area contributed by atoms with E-state index in [9.17, 15) is 30.8 Å². The molecule has 170 valence electrons. The molecular formula is C19H27F4N3O3S. The predicted molar refractivity (Wildman–Crippen MR) is 105 cm³/mol. The summed E-state index contributed by atoms with van der Waals surface area (Å²) in [5.41, 5.74) is -1.56. The zero-order valence-electron chi connectivity index (χ0n) is 16.8. The first-order valence-electron chi connectivity index (χ1n) is 9.86. The normalized spacial score (nSPS) is 16.6. The lowest BCUT2D eigenvalue weighted by Crippen LogP contribution is -2.42. The number of benzene rings is 1. The number of likely N-dealkylation sites (tertiary alicyclic amines) is 1. The number of nitrogens with zero attached hydrogens (tertiary/aromatic N) is 1. The second kappa shape index (κ2) is 10.5. The van der Waals surface area contributed by atoms with Crippen molar-refractivity contribution in [1.29, 1.82) is 0 Å². The number of nitrogens with one attached hydrogen (secondary N) is 2. The minimum absolute atomic E-state index is 0.102. The monoisotopic (exact) mass is 453 g/mol. The summed E-state index contributed by atoms with van der Waals surface area (Å²) < 4.78 is 77.6. The Morgan fingerprint density at radius 1 is 1.20 bits per heavy atom. The molecule has 1 fully saturated rings. The van der Waals surface area contributed by atoms with Gasteiger partial charge in [0.1, 0.15) is 5.82 Å². The SMILES string of the molecule is CCCS(=O)(=O)NCCN1CCC(CNC(=O)c2cc(F)cc(C(F)(F)F)c2)CC1. The molecule has 1 aromatic rings. The topological polar surface area (TPSA) is 78.5 Å². The lowest BCUT2D eigenvalue weighted by Gasteiger charge is -2.32. The molecule has 0 saturated carbocycles. The lowest BCUT2D eigenvalue weighted by molar-refractivity contribution is -0.137. The molecule has 0 unspecified atom stereocenters. The Labute approximate surface area is 174 Å². The first kappa shape index (κ1) is 24.5. The van der Waals surface area contributed by atoms with Crippen LogP contribution in [-0.2, 0) is 16.2 Å². The third kappa shape index (κ3) is 7.84. The maximum Gasteiger partial charge on any atom is 0.416 e. The van der Waals surface area contributed by atoms with E-state index in [-0.39, 0.29) is 23.8 Å². The number of carbonyl (C=O) groups is 1. The van der Waals surface area contributed by atoms with Gasteiger partial charge in [0, 0.05) is 25.2 Å². The van der Waals surface area contributed by atoms with Crippen molar-refractivity contribution in [3.8, 4) is 0 Å². The van der Waals surface area contributed by atoms with Gasteiger partial charge in [-0.3, -0.25) is 4.79 Å². The number of amides is 1. The fourth-order valence-electron chi connectivity index (χ4n) is 3.34. The van der Waals surface area contributed by atoms with E-state index in [1.807, 2.05) is 0 Å². The van der Waals surface area contributed by atoms with Crippen LogP contribution in [0.25, 0.3) is 0 Å². The molecule has 1 saturated heterocycles. The van der Waals surface area contributed by atoms with Gasteiger partial charge in [-0.05, 0) is 56.5 Å². The van der Waals surface area contributed by atoms with E-state index in [1.165, 1.54) is 0 Å². The summed E-state index contributed by atoms with van der Waals surface area (Å²) >= 11 is 0. The van der Waals surface area contributed by atoms with Crippen molar-refractivity contribution in [3.05, 3.63) is 35.1 Å². The maximum atomic E-state index is 13.4. The number of halogens is 4. The Kier molecular flexibility index (Phi) is 8.62. The Hall–Kier alpha value is -1.72. The Balaban J connectivity index is 1.76. The van der Waals surface area contributed by atoms with E-state index in [2.05, 4.69) is 14.9 Å². The molecule has 0 spiro atoms. The molecule has 0 aromatic heterocycles. The Morgan fingerprint density at radius 2 is 1.87 bits per heavy atom. The largest absolute Gasteiger partial charge is 0.416 e. The highest BCUT2D eigenvalue weighted by Crippen LogP contribution is 2.30. The molecule has 0 aliphatic carbocycles. The summed E-state index contributed by atoms with van der Waals surface area (Å²) in [4.78, 5) is 14.3. The molecular weight excluding hydrogens is 426 g/mol. The van der Waals surface area contributed by atoms with Gasteiger partial charge in [0.2, 0.25) is 10.0 Å². The first-order valence-corrected chi connectivity index (χ1v) is 11.5. The van der Waals surface area contributed by atoms with Gasteiger partial charge in [0.25, 0.3) is 5.91 Å². The van der Waals surface area contributed by atoms with Crippen LogP contribution in [0.2, 0.25) is 0 Å². The summed E-state index contributed by atoms with van der Waals surface area (Å²) in [6.45, 7) is 4.47. The van der Waals surface area contributed by atoms with E-state index in [0.29, 0.717) is 31.6 Å². The minimum Gasteiger partial charge on any atom is -0.352 e. The molecule has 0 radical (unpaired) electrons. The highest BCUT2D eigenvalue weighted by atomic mass is 32.2. The van der Waals surface area contributed by atoms with E-state index >= 15 is 0 Å². The molecule has 1 aliphatic rings. The fourth-order valence-corrected chi connectivity index (χ4v) is 4.42. The molecule has 0 bridgehead atoms. The summed E-state index contributed by atoms with van der Waals surface area (Å²) in [6, 6.07) is 1.78. The molecule has 1 aromatic carbocycles. The van der Waals surface area contributed by atoms with Crippen LogP contribution >= 0.6 is 0 Å². The molecule has 1 amide bonds. The van der Waals surface area contributed by atoms with Crippen molar-refractivity contribution in [1.82, 2.24) is 14.9 Å². The van der Waals surface area contributed by atoms with Crippen molar-refractivity contribution in [2.75, 3.05) is 38.5 Å². The van der Waals surface area contributed by atoms with Gasteiger partial charge in [0.15, 0.2) is 0 Å². The molecule has 1 heterocycles. The Bertz CT molecular complexity index is 823. The number of hydrogen-bond donors (Lipinski definition) is 2. The van der Waals surface area contributed by atoms with Gasteiger partial charge in [-0.25, -0.2) is 17.5 Å². The van der Waals surface area contributed by atoms with Crippen molar-refractivity contribution in [2.45, 2.75) is 32.4 Å². The molecule has 1 aliphatic heterocycles. The number of sulfonamides is 1. The van der Waals surface area contributed by atoms with E-state index in [4.69, 9.17) is 0 Å². The summed E-state index contributed by atoms with van der Waals surface area (Å²) in [5, 5.41) is 2.58. The van der Waals surface area contributed by atoms with Crippen LogP contribution in [0.4, 0.5) is 17.6 Å². The second-order valence-electron chi connectivity index (χ2n) is 7.43. The third-order valence-corrected chi connectivity index (χ3v) is 6.56. The van der Waals surface area contributed by atoms with Gasteiger partial charge in [-0.1, -0.05) is 6.92 Å². The standard InChI is InChI=1S/C19H27F4N3O3S/c1-2-9-30(28,29)25-5-8-26-6-3-14(4-7-26)13-24-18(27)15-10-16(19(21,22)23)12-17(20)11-15/h10-12,14,25H,2-9,13H2,1H3,(H,24,27). The number of piperidine rings is 1. The van der Waals surface area contributed by atoms with Crippen LogP contribution in [-0.4, -0.2) is 57.7 Å². The number of carbonyl (C=O) groups excluding carboxylic acids is 1. The summed E-state index contributed by atoms with van der Waals surface area (Å²) in [5.74, 6) is -1.60. The van der Waals surface area contributed by atoms with Crippen LogP contribution in [0.3, 0.4) is 0 Å². The highest BCUT2D eigenvalue weighted by Gasteiger charge is 2.32. The van der Waals surface area contributed by atoms with Crippen molar-refractivity contribution in [2.24, 2.45) is 5.92 Å². The van der Waals surface area contributed by atoms with Crippen LogP contribution in [0.1, 0.15) is 42.1 Å². The zero-order chi connectivity index (χ0) is 22.4. The van der Waals surface area contributed by atoms with Crippen molar-refractivity contribution >= 4 is 15.9 Å². The lowest BCUT2D eigenvalue weighted by atomic mass is 9.96. The fraction of sp³-hybridized carbons (Fsp3) is 0.632. The number of rotatable bonds is 9. The number of alkyl halides is 3. The van der Waals surface area contributed by atoms with Gasteiger partial charge in [-0.15, -0.1) is 0 Å². The van der Waals surface area contributed by atoms with Crippen LogP contribution in [0, 0.1) is 11.7 Å². The van der Waals surface area contributed by atoms with E-state index in [1.54, 1.807) is 6.92 Å². The van der Waals surface area contributed by atoms with Gasteiger partial charge in [-0.2, -0.15) is 13.2 Å². The highest BCUT2D eigenvalue weighted by molar-refractivity contribution is 7.89. The van der Waals surface area contributed by atoms with Crippen molar-refractivity contribution < 1.29 is 30.8 Å². The molecule has 2 rings (SSSR count). The minimum atomic E-state index is -4.73. The quantitative estimate of drug-likeness (QED) is 0.564. The maximum absolute atomic E-state index is 13.4. The van der Waals surface area contributed by atoms with Crippen LogP contribution < -0.4 is 10.0 Å². The average molecular weight is 454 g/mol. The number of hydrogen-bond acceptors (Lipinski definition) is 4. The Morgan fingerprint density at radius 3 is 2.47 bits per heavy atom. The second-order valence-corrected chi connectivity index (χ2v) is 9.36. The third-order valence-electron chi connectivity index (χ3n) is 4.97. The molecule has 2 N–H and O–H groups in total. The summed E-state index contributed by atoms with van der Waals surface area (Å²) in [6.07, 6.45) is -2.65. The van der Waals surface area contributed by atoms with Crippen LogP contribution in [0.5, 0.6) is 0 Å². The molecule has 11 heteroatoms. The smallest absolute Gasteiger partial charge is 0.352 e. The average Bonchev–Trinajstić information content (AvgIpc) is 2.65. The van der Waals surface area contributed by atoms with E-state index in [0.717, 1.165) is 32.0 Å². The van der Waals surface area contributed by atoms with Crippen LogP contribution in [0.15, 0.2) is 18.2 Å². The zero-order valence-corrected chi connectivity index (χ0v) is 17.6. The van der Waals surface area contributed by atoms with E-state index < -0.39 is 33.5 Å². The van der Waals surface area contributed by atoms with Gasteiger partial charge >= 0.3 is 6.18 Å². The van der Waals surface area contributed by atoms with Crippen molar-refractivity contribution in [3.63, 3.8) is 0 Å². The summed E-state index contributed by atoms with van der Waals surface area (Å²) in [7, 11) is -3.22. The van der Waals surface area contributed by atoms with Gasteiger partial charge < -0.3 is 10.2 Å². The predicted octanol–water partition coefficient (Wildman–Crippen LogP) is 2.62. The molecule has 6 nitrogen and oxygen atoms in total. The van der Waals surface area contributed by atoms with Gasteiger partial charge in [0.05, 0.1) is 11.3 Å².